The average Bonchev–Trinajstić information content (AvgIpc) is 3.48. The van der Waals surface area contributed by atoms with Crippen LogP contribution >= 0.6 is 0 Å². The summed E-state index contributed by atoms with van der Waals surface area (Å²) in [5.41, 5.74) is -6.13. The minimum Gasteiger partial charge on any atom is -0.462 e. The van der Waals surface area contributed by atoms with Crippen LogP contribution in [0.2, 0.25) is 0 Å². The van der Waals surface area contributed by atoms with Crippen molar-refractivity contribution in [2.45, 2.75) is 72.6 Å². The third kappa shape index (κ3) is 7.31. The summed E-state index contributed by atoms with van der Waals surface area (Å²) in [5.74, 6) is 3.39. The van der Waals surface area contributed by atoms with Crippen LogP contribution in [0, 0.1) is 22.7 Å². The van der Waals surface area contributed by atoms with Gasteiger partial charge < -0.3 is 18.6 Å². The minimum absolute atomic E-state index is 0.0685. The smallest absolute Gasteiger partial charge is 0.423 e. The molecule has 0 N–H and O–H groups in total. The predicted molar refractivity (Wildman–Crippen MR) is 134 cm³/mol. The van der Waals surface area contributed by atoms with E-state index in [1.165, 1.54) is 6.07 Å². The maximum absolute atomic E-state index is 13.8. The van der Waals surface area contributed by atoms with Crippen molar-refractivity contribution in [2.75, 3.05) is 13.2 Å². The van der Waals surface area contributed by atoms with Crippen molar-refractivity contribution in [1.29, 1.82) is 0 Å². The van der Waals surface area contributed by atoms with E-state index in [2.05, 4.69) is 11.8 Å². The molecular formula is C27H31F3N2O8. The van der Waals surface area contributed by atoms with E-state index in [4.69, 9.17) is 18.6 Å². The Morgan fingerprint density at radius 2 is 1.80 bits per heavy atom. The van der Waals surface area contributed by atoms with Gasteiger partial charge in [-0.1, -0.05) is 11.8 Å². The first-order valence-corrected chi connectivity index (χ1v) is 12.4. The van der Waals surface area contributed by atoms with Crippen LogP contribution < -0.4 is 11.2 Å². The van der Waals surface area contributed by atoms with Gasteiger partial charge in [-0.2, -0.15) is 17.7 Å². The van der Waals surface area contributed by atoms with Crippen molar-refractivity contribution in [3.63, 3.8) is 0 Å². The SMILES string of the molecule is CC(C)(C)C#CCO[C@H]1C[C@H](n2cc(C(F)(F)F)c(=O)n(C(=O)c3ccco3)c2=O)O[C@@H]1COC(=O)C(C)(C)C. The summed E-state index contributed by atoms with van der Waals surface area (Å²) in [6.45, 7) is 10.2. The number of aromatic nitrogens is 2. The lowest BCUT2D eigenvalue weighted by Crippen LogP contribution is -2.47. The normalized spacial score (nSPS) is 19.7. The largest absolute Gasteiger partial charge is 0.462 e. The first-order chi connectivity index (χ1) is 18.4. The monoisotopic (exact) mass is 568 g/mol. The van der Waals surface area contributed by atoms with E-state index >= 15 is 0 Å². The Labute approximate surface area is 228 Å². The molecule has 1 saturated heterocycles. The molecule has 13 heteroatoms. The van der Waals surface area contributed by atoms with E-state index in [0.717, 1.165) is 12.3 Å². The molecule has 2 aromatic heterocycles. The summed E-state index contributed by atoms with van der Waals surface area (Å²) in [4.78, 5) is 51.0. The Balaban J connectivity index is 2.01. The number of esters is 1. The van der Waals surface area contributed by atoms with Crippen LogP contribution in [0.4, 0.5) is 13.2 Å². The molecule has 3 rings (SSSR count). The van der Waals surface area contributed by atoms with E-state index in [1.807, 2.05) is 20.8 Å². The van der Waals surface area contributed by atoms with Crippen LogP contribution in [0.1, 0.15) is 70.3 Å². The molecule has 0 aliphatic carbocycles. The Kier molecular flexibility index (Phi) is 8.86. The number of rotatable bonds is 6. The number of hydrogen-bond donors (Lipinski definition) is 0. The van der Waals surface area contributed by atoms with Crippen LogP contribution in [0.25, 0.3) is 0 Å². The zero-order valence-electron chi connectivity index (χ0n) is 23.0. The molecule has 0 bridgehead atoms. The Bertz CT molecular complexity index is 1410. The molecule has 0 amide bonds. The second kappa shape index (κ2) is 11.5. The highest BCUT2D eigenvalue weighted by Crippen LogP contribution is 2.32. The maximum atomic E-state index is 13.8. The van der Waals surface area contributed by atoms with Crippen molar-refractivity contribution in [3.05, 3.63) is 56.8 Å². The summed E-state index contributed by atoms with van der Waals surface area (Å²) >= 11 is 0. The van der Waals surface area contributed by atoms with Crippen LogP contribution in [0.5, 0.6) is 0 Å². The number of carbonyl (C=O) groups is 2. The Morgan fingerprint density at radius 1 is 1.12 bits per heavy atom. The molecule has 1 fully saturated rings. The first-order valence-electron chi connectivity index (χ1n) is 12.4. The van der Waals surface area contributed by atoms with Gasteiger partial charge in [0.05, 0.1) is 17.8 Å². The third-order valence-electron chi connectivity index (χ3n) is 5.67. The molecule has 3 atom stereocenters. The molecule has 0 radical (unpaired) electrons. The molecule has 0 spiro atoms. The van der Waals surface area contributed by atoms with Gasteiger partial charge in [0.2, 0.25) is 0 Å². The number of hydrogen-bond acceptors (Lipinski definition) is 8. The lowest BCUT2D eigenvalue weighted by molar-refractivity contribution is -0.160. The lowest BCUT2D eigenvalue weighted by atomic mass is 9.97. The molecule has 10 nitrogen and oxygen atoms in total. The van der Waals surface area contributed by atoms with Gasteiger partial charge >= 0.3 is 23.7 Å². The molecule has 3 heterocycles. The Hall–Kier alpha value is -3.63. The molecule has 0 saturated carbocycles. The highest BCUT2D eigenvalue weighted by atomic mass is 19.4. The standard InChI is InChI=1S/C27H31F3N2O8/c1-25(2,3)10-8-12-38-18-13-20(40-19(18)15-39-23(35)26(4,5)6)31-14-16(27(28,29)30)21(33)32(24(31)36)22(34)17-9-7-11-37-17/h7,9,11,14,18-20H,12-13,15H2,1-6H3/t18-,19+,20+/m0/s1. The molecule has 1 aliphatic rings. The van der Waals surface area contributed by atoms with Gasteiger partial charge in [-0.05, 0) is 53.7 Å². The summed E-state index contributed by atoms with van der Waals surface area (Å²) in [6.07, 6.45) is -7.23. The quantitative estimate of drug-likeness (QED) is 0.383. The molecule has 1 aliphatic heterocycles. The van der Waals surface area contributed by atoms with Crippen LogP contribution in [-0.4, -0.2) is 46.4 Å². The second-order valence-corrected chi connectivity index (χ2v) is 11.3. The molecule has 0 unspecified atom stereocenters. The van der Waals surface area contributed by atoms with Gasteiger partial charge in [-0.3, -0.25) is 19.0 Å². The van der Waals surface area contributed by atoms with Gasteiger partial charge in [0, 0.05) is 18.0 Å². The van der Waals surface area contributed by atoms with Crippen molar-refractivity contribution < 1.29 is 41.4 Å². The second-order valence-electron chi connectivity index (χ2n) is 11.3. The number of carbonyl (C=O) groups excluding carboxylic acids is 2. The maximum Gasteiger partial charge on any atom is 0.423 e. The topological polar surface area (TPSA) is 119 Å². The van der Waals surface area contributed by atoms with Gasteiger partial charge in [0.15, 0.2) is 5.76 Å². The summed E-state index contributed by atoms with van der Waals surface area (Å²) in [5, 5.41) is 0. The summed E-state index contributed by atoms with van der Waals surface area (Å²) in [7, 11) is 0. The highest BCUT2D eigenvalue weighted by molar-refractivity contribution is 5.93. The fourth-order valence-corrected chi connectivity index (χ4v) is 3.68. The van der Waals surface area contributed by atoms with Crippen molar-refractivity contribution >= 4 is 11.9 Å². The highest BCUT2D eigenvalue weighted by Gasteiger charge is 2.42. The fourth-order valence-electron chi connectivity index (χ4n) is 3.68. The zero-order chi connectivity index (χ0) is 30.0. The lowest BCUT2D eigenvalue weighted by Gasteiger charge is -2.22. The van der Waals surface area contributed by atoms with E-state index in [0.29, 0.717) is 10.8 Å². The van der Waals surface area contributed by atoms with Crippen LogP contribution in [0.3, 0.4) is 0 Å². The van der Waals surface area contributed by atoms with Crippen molar-refractivity contribution in [2.24, 2.45) is 10.8 Å². The van der Waals surface area contributed by atoms with E-state index in [-0.39, 0.29) is 29.6 Å². The fraction of sp³-hybridized carbons (Fsp3) is 0.556. The predicted octanol–water partition coefficient (Wildman–Crippen LogP) is 3.62. The molecule has 2 aromatic rings. The first kappa shape index (κ1) is 30.9. The van der Waals surface area contributed by atoms with E-state index in [9.17, 15) is 32.3 Å². The van der Waals surface area contributed by atoms with E-state index in [1.54, 1.807) is 20.8 Å². The molecule has 0 aromatic carbocycles. The number of ether oxygens (including phenoxy) is 3. The molecule has 218 valence electrons. The molecule has 40 heavy (non-hydrogen) atoms. The number of nitrogens with zero attached hydrogens (tertiary/aromatic N) is 2. The van der Waals surface area contributed by atoms with Crippen molar-refractivity contribution in [3.8, 4) is 11.8 Å². The molecular weight excluding hydrogens is 537 g/mol. The Morgan fingerprint density at radius 3 is 2.35 bits per heavy atom. The van der Waals surface area contributed by atoms with Crippen LogP contribution in [0.15, 0.2) is 38.6 Å². The third-order valence-corrected chi connectivity index (χ3v) is 5.67. The summed E-state index contributed by atoms with van der Waals surface area (Å²) < 4.78 is 63.6. The number of alkyl halides is 3. The van der Waals surface area contributed by atoms with Gasteiger partial charge in [-0.25, -0.2) is 4.79 Å². The van der Waals surface area contributed by atoms with Gasteiger partial charge in [0.1, 0.15) is 31.1 Å². The van der Waals surface area contributed by atoms with Gasteiger partial charge in [-0.15, -0.1) is 0 Å². The zero-order valence-corrected chi connectivity index (χ0v) is 23.0. The average molecular weight is 569 g/mol. The van der Waals surface area contributed by atoms with E-state index < -0.39 is 64.5 Å². The summed E-state index contributed by atoms with van der Waals surface area (Å²) in [6, 6.07) is 2.38. The number of halogens is 3. The van der Waals surface area contributed by atoms with Crippen molar-refractivity contribution in [1.82, 2.24) is 9.13 Å². The minimum atomic E-state index is -5.20. The van der Waals surface area contributed by atoms with Crippen LogP contribution in [-0.2, 0) is 25.2 Å². The number of furan rings is 1. The van der Waals surface area contributed by atoms with Gasteiger partial charge in [0.25, 0.3) is 5.56 Å².